The maximum absolute atomic E-state index is 12.9. The lowest BCUT2D eigenvalue weighted by Gasteiger charge is -2.30. The van der Waals surface area contributed by atoms with E-state index in [1.807, 2.05) is 48.5 Å². The number of aromatic nitrogens is 1. The van der Waals surface area contributed by atoms with Gasteiger partial charge in [0.2, 0.25) is 5.91 Å². The number of ether oxygens (including phenoxy) is 1. The fraction of sp³-hybridized carbons (Fsp3) is 0.185. The van der Waals surface area contributed by atoms with Gasteiger partial charge < -0.3 is 15.4 Å². The van der Waals surface area contributed by atoms with Crippen LogP contribution in [0.15, 0.2) is 72.8 Å². The monoisotopic (exact) mass is 472 g/mol. The molecule has 0 spiro atoms. The Balaban J connectivity index is 1.40. The summed E-state index contributed by atoms with van der Waals surface area (Å²) in [4.78, 5) is 20.0. The van der Waals surface area contributed by atoms with Crippen LogP contribution in [0.3, 0.4) is 0 Å². The van der Waals surface area contributed by atoms with Crippen LogP contribution in [0.5, 0.6) is 5.75 Å². The molecule has 7 heteroatoms. The lowest BCUT2D eigenvalue weighted by atomic mass is 9.99. The quantitative estimate of drug-likeness (QED) is 0.380. The summed E-state index contributed by atoms with van der Waals surface area (Å²) >= 11 is 6.11. The Labute approximate surface area is 203 Å². The lowest BCUT2D eigenvalue weighted by Crippen LogP contribution is -2.37. The summed E-state index contributed by atoms with van der Waals surface area (Å²) < 4.78 is 5.35. The predicted octanol–water partition coefficient (Wildman–Crippen LogP) is 5.64. The molecule has 0 radical (unpaired) electrons. The summed E-state index contributed by atoms with van der Waals surface area (Å²) in [6.45, 7) is 1.64. The van der Waals surface area contributed by atoms with E-state index >= 15 is 0 Å². The van der Waals surface area contributed by atoms with Gasteiger partial charge in [0.15, 0.2) is 0 Å². The molecule has 1 aromatic heterocycles. The first-order valence-corrected chi connectivity index (χ1v) is 11.6. The molecule has 0 unspecified atom stereocenters. The number of halogens is 1. The van der Waals surface area contributed by atoms with Crippen LogP contribution >= 0.6 is 11.6 Å². The number of hydrogen-bond donors (Lipinski definition) is 2. The Hall–Kier alpha value is -3.61. The fourth-order valence-corrected chi connectivity index (χ4v) is 4.53. The smallest absolute Gasteiger partial charge is 0.238 e. The number of methoxy groups -OCH3 is 1. The highest BCUT2D eigenvalue weighted by molar-refractivity contribution is 6.31. The van der Waals surface area contributed by atoms with Crippen molar-refractivity contribution in [3.8, 4) is 5.75 Å². The number of carbonyl (C=O) groups excluding carboxylic acids is 1. The maximum atomic E-state index is 12.9. The highest BCUT2D eigenvalue weighted by Crippen LogP contribution is 2.34. The van der Waals surface area contributed by atoms with Gasteiger partial charge in [0.25, 0.3) is 0 Å². The molecule has 6 nitrogen and oxygen atoms in total. The highest BCUT2D eigenvalue weighted by atomic mass is 35.5. The van der Waals surface area contributed by atoms with Crippen LogP contribution < -0.4 is 15.4 Å². The van der Waals surface area contributed by atoms with Gasteiger partial charge in [0.05, 0.1) is 30.5 Å². The molecule has 0 saturated heterocycles. The molecule has 5 rings (SSSR count). The molecule has 172 valence electrons. The van der Waals surface area contributed by atoms with Crippen molar-refractivity contribution in [3.63, 3.8) is 0 Å². The van der Waals surface area contributed by atoms with E-state index in [-0.39, 0.29) is 12.5 Å². The maximum Gasteiger partial charge on any atom is 0.238 e. The number of anilines is 3. The number of amides is 1. The third-order valence-corrected chi connectivity index (χ3v) is 6.21. The molecule has 1 aliphatic rings. The minimum absolute atomic E-state index is 0.115. The number of rotatable bonds is 6. The van der Waals surface area contributed by atoms with Gasteiger partial charge in [0, 0.05) is 46.9 Å². The zero-order valence-corrected chi connectivity index (χ0v) is 19.6. The first kappa shape index (κ1) is 22.2. The van der Waals surface area contributed by atoms with Gasteiger partial charge in [-0.2, -0.15) is 0 Å². The van der Waals surface area contributed by atoms with Gasteiger partial charge in [-0.1, -0.05) is 48.0 Å². The largest absolute Gasteiger partial charge is 0.495 e. The Morgan fingerprint density at radius 1 is 1.09 bits per heavy atom. The second kappa shape index (κ2) is 9.71. The molecule has 0 atom stereocenters. The van der Waals surface area contributed by atoms with Gasteiger partial charge in [-0.25, -0.2) is 0 Å². The second-order valence-corrected chi connectivity index (χ2v) is 8.71. The van der Waals surface area contributed by atoms with Gasteiger partial charge in [0.1, 0.15) is 5.75 Å². The molecule has 3 aromatic carbocycles. The number of para-hydroxylation sites is 2. The number of fused-ring (bicyclic) bond motifs is 2. The summed E-state index contributed by atoms with van der Waals surface area (Å²) in [5.74, 6) is 0.460. The molecule has 1 amide bonds. The SMILES string of the molecule is COc1ccc(Cl)cc1NC(=O)CN1CCc2nc3ccccc3c(Nc3ccccc3)c2C1. The Morgan fingerprint density at radius 2 is 1.88 bits per heavy atom. The van der Waals surface area contributed by atoms with Gasteiger partial charge in [-0.3, -0.25) is 14.7 Å². The normalized spacial score (nSPS) is 13.4. The summed E-state index contributed by atoms with van der Waals surface area (Å²) in [6, 6.07) is 23.5. The fourth-order valence-electron chi connectivity index (χ4n) is 4.36. The Bertz CT molecular complexity index is 1340. The minimum atomic E-state index is -0.115. The third kappa shape index (κ3) is 4.69. The molecule has 0 fully saturated rings. The first-order valence-electron chi connectivity index (χ1n) is 11.2. The van der Waals surface area contributed by atoms with Crippen LogP contribution in [-0.4, -0.2) is 36.0 Å². The second-order valence-electron chi connectivity index (χ2n) is 8.27. The highest BCUT2D eigenvalue weighted by Gasteiger charge is 2.24. The Morgan fingerprint density at radius 3 is 2.71 bits per heavy atom. The van der Waals surface area contributed by atoms with E-state index in [1.165, 1.54) is 0 Å². The molecular weight excluding hydrogens is 448 g/mol. The average molecular weight is 473 g/mol. The van der Waals surface area contributed by atoms with Crippen LogP contribution in [0.1, 0.15) is 11.3 Å². The zero-order chi connectivity index (χ0) is 23.5. The molecule has 0 bridgehead atoms. The van der Waals surface area contributed by atoms with Gasteiger partial charge in [-0.15, -0.1) is 0 Å². The number of pyridine rings is 1. The van der Waals surface area contributed by atoms with Crippen molar-refractivity contribution in [1.82, 2.24) is 9.88 Å². The van der Waals surface area contributed by atoms with Crippen molar-refractivity contribution in [1.29, 1.82) is 0 Å². The van der Waals surface area contributed by atoms with Crippen molar-refractivity contribution < 1.29 is 9.53 Å². The van der Waals surface area contributed by atoms with Crippen LogP contribution in [0.2, 0.25) is 5.02 Å². The predicted molar refractivity (Wildman–Crippen MR) is 137 cm³/mol. The van der Waals surface area contributed by atoms with E-state index in [4.69, 9.17) is 21.3 Å². The number of carbonyl (C=O) groups is 1. The van der Waals surface area contributed by atoms with Crippen molar-refractivity contribution in [2.75, 3.05) is 30.8 Å². The molecule has 2 N–H and O–H groups in total. The van der Waals surface area contributed by atoms with Gasteiger partial charge in [-0.05, 0) is 36.4 Å². The topological polar surface area (TPSA) is 66.5 Å². The lowest BCUT2D eigenvalue weighted by molar-refractivity contribution is -0.117. The molecule has 0 saturated carbocycles. The summed E-state index contributed by atoms with van der Waals surface area (Å²) in [5, 5.41) is 8.16. The number of nitrogens with zero attached hydrogens (tertiary/aromatic N) is 2. The minimum Gasteiger partial charge on any atom is -0.495 e. The summed E-state index contributed by atoms with van der Waals surface area (Å²) in [6.07, 6.45) is 0.775. The summed E-state index contributed by atoms with van der Waals surface area (Å²) in [7, 11) is 1.57. The number of nitrogens with one attached hydrogen (secondary N) is 2. The average Bonchev–Trinajstić information content (AvgIpc) is 2.85. The summed E-state index contributed by atoms with van der Waals surface area (Å²) in [5.41, 5.74) is 5.81. The zero-order valence-electron chi connectivity index (χ0n) is 18.8. The van der Waals surface area contributed by atoms with Crippen LogP contribution in [0.4, 0.5) is 17.1 Å². The molecule has 2 heterocycles. The molecule has 1 aliphatic heterocycles. The van der Waals surface area contributed by atoms with Crippen LogP contribution in [-0.2, 0) is 17.8 Å². The first-order chi connectivity index (χ1) is 16.6. The standard InChI is InChI=1S/C27H25ClN4O2/c1-34-25-12-11-18(28)15-24(25)31-26(33)17-32-14-13-23-21(16-32)27(29-19-7-3-2-4-8-19)20-9-5-6-10-22(20)30-23/h2-12,15H,13-14,16-17H2,1H3,(H,29,30)(H,31,33). The molecular formula is C27H25ClN4O2. The Kier molecular flexibility index (Phi) is 6.34. The van der Waals surface area contributed by atoms with E-state index in [2.05, 4.69) is 21.6 Å². The van der Waals surface area contributed by atoms with Crippen LogP contribution in [0.25, 0.3) is 10.9 Å². The van der Waals surface area contributed by atoms with E-state index in [0.29, 0.717) is 23.0 Å². The van der Waals surface area contributed by atoms with Crippen molar-refractivity contribution in [2.24, 2.45) is 0 Å². The number of hydrogen-bond acceptors (Lipinski definition) is 5. The van der Waals surface area contributed by atoms with E-state index in [9.17, 15) is 4.79 Å². The molecule has 0 aliphatic carbocycles. The number of benzene rings is 3. The van der Waals surface area contributed by atoms with E-state index in [1.54, 1.807) is 25.3 Å². The third-order valence-electron chi connectivity index (χ3n) is 5.97. The molecule has 34 heavy (non-hydrogen) atoms. The molecule has 4 aromatic rings. The van der Waals surface area contributed by atoms with E-state index < -0.39 is 0 Å². The van der Waals surface area contributed by atoms with Crippen LogP contribution in [0, 0.1) is 0 Å². The van der Waals surface area contributed by atoms with Crippen molar-refractivity contribution in [3.05, 3.63) is 89.1 Å². The van der Waals surface area contributed by atoms with Crippen molar-refractivity contribution in [2.45, 2.75) is 13.0 Å². The van der Waals surface area contributed by atoms with Crippen molar-refractivity contribution >= 4 is 45.5 Å². The van der Waals surface area contributed by atoms with E-state index in [0.717, 1.165) is 46.5 Å². The van der Waals surface area contributed by atoms with Gasteiger partial charge >= 0.3 is 0 Å².